The summed E-state index contributed by atoms with van der Waals surface area (Å²) >= 11 is 0. The molecule has 0 unspecified atom stereocenters. The first kappa shape index (κ1) is 19.6. The standard InChI is InChI=1S/C10H22O4.C2H4O2/c1-3-11-5-7-13-9-10-14-8-6-12-4-2;1-2(3)4/h3-10H2,1-2H3;1H3,(H,3,4). The molecule has 0 spiro atoms. The minimum atomic E-state index is -0.833. The highest BCUT2D eigenvalue weighted by Gasteiger charge is 1.90. The summed E-state index contributed by atoms with van der Waals surface area (Å²) in [7, 11) is 0. The normalized spacial score (nSPS) is 9.72. The number of carboxylic acids is 1. The molecule has 0 aromatic rings. The lowest BCUT2D eigenvalue weighted by atomic mass is 10.7. The second-order valence-electron chi connectivity index (χ2n) is 3.14. The summed E-state index contributed by atoms with van der Waals surface area (Å²) in [6.07, 6.45) is 0. The largest absolute Gasteiger partial charge is 0.481 e. The molecule has 0 saturated heterocycles. The third-order valence-electron chi connectivity index (χ3n) is 1.52. The fourth-order valence-corrected chi connectivity index (χ4v) is 0.846. The summed E-state index contributed by atoms with van der Waals surface area (Å²) in [5, 5.41) is 7.42. The SMILES string of the molecule is CC(=O)O.CCOCCOCCOCCOCC. The van der Waals surface area contributed by atoms with Gasteiger partial charge in [0.2, 0.25) is 0 Å². The highest BCUT2D eigenvalue weighted by Crippen LogP contribution is 1.81. The molecule has 110 valence electrons. The molecular formula is C12H26O6. The molecule has 0 aliphatic carbocycles. The van der Waals surface area contributed by atoms with Crippen LogP contribution in [0.2, 0.25) is 0 Å². The predicted molar refractivity (Wildman–Crippen MR) is 67.9 cm³/mol. The summed E-state index contributed by atoms with van der Waals surface area (Å²) in [6, 6.07) is 0. The Hall–Kier alpha value is -0.690. The van der Waals surface area contributed by atoms with Crippen molar-refractivity contribution in [1.29, 1.82) is 0 Å². The number of hydrogen-bond donors (Lipinski definition) is 1. The van der Waals surface area contributed by atoms with Crippen LogP contribution in [0.25, 0.3) is 0 Å². The topological polar surface area (TPSA) is 74.2 Å². The van der Waals surface area contributed by atoms with Crippen molar-refractivity contribution in [2.24, 2.45) is 0 Å². The molecule has 6 nitrogen and oxygen atoms in total. The Bertz CT molecular complexity index is 147. The Morgan fingerprint density at radius 3 is 1.22 bits per heavy atom. The van der Waals surface area contributed by atoms with Crippen LogP contribution in [0.15, 0.2) is 0 Å². The van der Waals surface area contributed by atoms with Gasteiger partial charge in [-0.15, -0.1) is 0 Å². The molecule has 6 heteroatoms. The zero-order valence-electron chi connectivity index (χ0n) is 11.6. The van der Waals surface area contributed by atoms with Crippen LogP contribution in [0.4, 0.5) is 0 Å². The van der Waals surface area contributed by atoms with E-state index in [0.29, 0.717) is 39.6 Å². The summed E-state index contributed by atoms with van der Waals surface area (Å²) in [6.45, 7) is 10.4. The van der Waals surface area contributed by atoms with Crippen molar-refractivity contribution in [3.63, 3.8) is 0 Å². The van der Waals surface area contributed by atoms with Crippen LogP contribution >= 0.6 is 0 Å². The van der Waals surface area contributed by atoms with Gasteiger partial charge in [0.25, 0.3) is 5.97 Å². The van der Waals surface area contributed by atoms with Gasteiger partial charge in [-0.2, -0.15) is 0 Å². The fraction of sp³-hybridized carbons (Fsp3) is 0.917. The van der Waals surface area contributed by atoms with E-state index in [1.54, 1.807) is 0 Å². The van der Waals surface area contributed by atoms with Crippen LogP contribution in [0, 0.1) is 0 Å². The lowest BCUT2D eigenvalue weighted by Gasteiger charge is -2.05. The van der Waals surface area contributed by atoms with Gasteiger partial charge in [0.15, 0.2) is 0 Å². The van der Waals surface area contributed by atoms with Crippen LogP contribution in [0.5, 0.6) is 0 Å². The van der Waals surface area contributed by atoms with Gasteiger partial charge in [-0.05, 0) is 13.8 Å². The molecule has 0 rings (SSSR count). The van der Waals surface area contributed by atoms with Crippen molar-refractivity contribution in [3.05, 3.63) is 0 Å². The highest BCUT2D eigenvalue weighted by atomic mass is 16.6. The van der Waals surface area contributed by atoms with Crippen molar-refractivity contribution in [2.45, 2.75) is 20.8 Å². The Morgan fingerprint density at radius 1 is 0.778 bits per heavy atom. The first-order chi connectivity index (χ1) is 8.65. The smallest absolute Gasteiger partial charge is 0.300 e. The molecule has 1 N–H and O–H groups in total. The average Bonchev–Trinajstić information content (AvgIpc) is 2.31. The molecule has 0 amide bonds. The van der Waals surface area contributed by atoms with Gasteiger partial charge in [-0.1, -0.05) is 0 Å². The number of rotatable bonds is 11. The second kappa shape index (κ2) is 18.7. The van der Waals surface area contributed by atoms with Gasteiger partial charge in [0, 0.05) is 20.1 Å². The zero-order valence-corrected chi connectivity index (χ0v) is 11.6. The van der Waals surface area contributed by atoms with E-state index in [-0.39, 0.29) is 0 Å². The summed E-state index contributed by atoms with van der Waals surface area (Å²) in [4.78, 5) is 9.00. The molecule has 0 aromatic heterocycles. The molecule has 18 heavy (non-hydrogen) atoms. The quantitative estimate of drug-likeness (QED) is 0.566. The lowest BCUT2D eigenvalue weighted by molar-refractivity contribution is -0.134. The predicted octanol–water partition coefficient (Wildman–Crippen LogP) is 1.18. The number of hydrogen-bond acceptors (Lipinski definition) is 5. The van der Waals surface area contributed by atoms with E-state index in [2.05, 4.69) is 0 Å². The molecule has 0 atom stereocenters. The van der Waals surface area contributed by atoms with E-state index in [4.69, 9.17) is 28.8 Å². The number of carbonyl (C=O) groups is 1. The van der Waals surface area contributed by atoms with Crippen molar-refractivity contribution in [2.75, 3.05) is 52.9 Å². The molecular weight excluding hydrogens is 240 g/mol. The van der Waals surface area contributed by atoms with Crippen LogP contribution in [0.1, 0.15) is 20.8 Å². The van der Waals surface area contributed by atoms with Crippen molar-refractivity contribution < 1.29 is 28.8 Å². The van der Waals surface area contributed by atoms with Gasteiger partial charge >= 0.3 is 0 Å². The minimum Gasteiger partial charge on any atom is -0.481 e. The third kappa shape index (κ3) is 29.5. The van der Waals surface area contributed by atoms with E-state index in [1.807, 2.05) is 13.8 Å². The van der Waals surface area contributed by atoms with Crippen LogP contribution in [-0.2, 0) is 23.7 Å². The van der Waals surface area contributed by atoms with Crippen molar-refractivity contribution in [3.8, 4) is 0 Å². The highest BCUT2D eigenvalue weighted by molar-refractivity contribution is 5.62. The van der Waals surface area contributed by atoms with Crippen LogP contribution in [-0.4, -0.2) is 63.9 Å². The van der Waals surface area contributed by atoms with E-state index in [9.17, 15) is 0 Å². The van der Waals surface area contributed by atoms with E-state index in [0.717, 1.165) is 20.1 Å². The number of carboxylic acid groups (broad SMARTS) is 1. The van der Waals surface area contributed by atoms with Gasteiger partial charge in [-0.3, -0.25) is 4.79 Å². The molecule has 0 saturated carbocycles. The summed E-state index contributed by atoms with van der Waals surface area (Å²) in [5.41, 5.74) is 0. The molecule has 0 aromatic carbocycles. The third-order valence-corrected chi connectivity index (χ3v) is 1.52. The Morgan fingerprint density at radius 2 is 1.00 bits per heavy atom. The Labute approximate surface area is 109 Å². The van der Waals surface area contributed by atoms with E-state index in [1.165, 1.54) is 0 Å². The minimum absolute atomic E-state index is 0.624. The molecule has 0 fully saturated rings. The molecule has 0 heterocycles. The number of aliphatic carboxylic acids is 1. The van der Waals surface area contributed by atoms with Crippen LogP contribution in [0.3, 0.4) is 0 Å². The van der Waals surface area contributed by atoms with E-state index < -0.39 is 5.97 Å². The summed E-state index contributed by atoms with van der Waals surface area (Å²) < 4.78 is 20.7. The summed E-state index contributed by atoms with van der Waals surface area (Å²) in [5.74, 6) is -0.833. The Kier molecular flexibility index (Phi) is 20.4. The second-order valence-corrected chi connectivity index (χ2v) is 3.14. The van der Waals surface area contributed by atoms with Gasteiger partial charge in [-0.25, -0.2) is 0 Å². The van der Waals surface area contributed by atoms with Crippen molar-refractivity contribution >= 4 is 5.97 Å². The van der Waals surface area contributed by atoms with Crippen LogP contribution < -0.4 is 0 Å². The van der Waals surface area contributed by atoms with E-state index >= 15 is 0 Å². The Balaban J connectivity index is 0. The van der Waals surface area contributed by atoms with Gasteiger partial charge in [0.1, 0.15) is 0 Å². The maximum atomic E-state index is 9.00. The van der Waals surface area contributed by atoms with Gasteiger partial charge in [0.05, 0.1) is 39.6 Å². The molecule has 0 bridgehead atoms. The zero-order chi connectivity index (χ0) is 14.1. The maximum Gasteiger partial charge on any atom is 0.300 e. The molecule has 0 aliphatic heterocycles. The molecule has 0 radical (unpaired) electrons. The van der Waals surface area contributed by atoms with Gasteiger partial charge < -0.3 is 24.1 Å². The average molecular weight is 266 g/mol. The fourth-order valence-electron chi connectivity index (χ4n) is 0.846. The monoisotopic (exact) mass is 266 g/mol. The first-order valence-corrected chi connectivity index (χ1v) is 6.15. The lowest BCUT2D eigenvalue weighted by Crippen LogP contribution is -2.11. The maximum absolute atomic E-state index is 9.00. The first-order valence-electron chi connectivity index (χ1n) is 6.15. The van der Waals surface area contributed by atoms with Crippen molar-refractivity contribution in [1.82, 2.24) is 0 Å². The molecule has 0 aliphatic rings. The number of ether oxygens (including phenoxy) is 4.